The van der Waals surface area contributed by atoms with Crippen LogP contribution in [0.15, 0.2) is 42.5 Å². The molecule has 2 aromatic carbocycles. The Labute approximate surface area is 254 Å². The highest BCUT2D eigenvalue weighted by Crippen LogP contribution is 2.35. The zero-order valence-corrected chi connectivity index (χ0v) is 26.4. The molecule has 2 fully saturated rings. The summed E-state index contributed by atoms with van der Waals surface area (Å²) in [5, 5.41) is 13.1. The average Bonchev–Trinajstić information content (AvgIpc) is 3.35. The van der Waals surface area contributed by atoms with Crippen molar-refractivity contribution in [2.24, 2.45) is 5.92 Å². The van der Waals surface area contributed by atoms with Crippen molar-refractivity contribution in [1.29, 1.82) is 0 Å². The van der Waals surface area contributed by atoms with Gasteiger partial charge in [-0.25, -0.2) is 4.79 Å². The number of carboxylic acids is 1. The molecule has 0 spiro atoms. The zero-order chi connectivity index (χ0) is 29.2. The fraction of sp³-hybridized carbons (Fsp3) is 0.576. The second-order valence-electron chi connectivity index (χ2n) is 11.6. The van der Waals surface area contributed by atoms with Crippen molar-refractivity contribution in [2.75, 3.05) is 38.0 Å². The molecule has 2 aliphatic rings. The standard InChI is InChI=1S/C33H46N2O4S2/c1-23-9-7-8-12-28(23)30-17-25(13-14-29(30)32(36)34-31(33(37)38)15-16-40-3)19-35-20-27(18-26(35)21-39-2)41-22-24-10-5-4-6-11-24/h7-9,12-14,17,24,26-27,31H,4-6,10-11,15-16,18-22H2,1-3H3,(H,34,36)(H,37,38)/t26-,27?,31-/m0/s1. The van der Waals surface area contributed by atoms with Gasteiger partial charge in [-0.3, -0.25) is 9.69 Å². The molecule has 6 nitrogen and oxygen atoms in total. The third kappa shape index (κ3) is 8.99. The van der Waals surface area contributed by atoms with Crippen molar-refractivity contribution in [3.05, 3.63) is 59.2 Å². The number of methoxy groups -OCH3 is 1. The van der Waals surface area contributed by atoms with Gasteiger partial charge in [0.2, 0.25) is 0 Å². The number of benzene rings is 2. The van der Waals surface area contributed by atoms with Crippen molar-refractivity contribution in [3.63, 3.8) is 0 Å². The number of ether oxygens (including phenoxy) is 1. The minimum atomic E-state index is -1.00. The smallest absolute Gasteiger partial charge is 0.326 e. The van der Waals surface area contributed by atoms with Crippen LogP contribution in [0.3, 0.4) is 0 Å². The second-order valence-corrected chi connectivity index (χ2v) is 13.9. The van der Waals surface area contributed by atoms with E-state index < -0.39 is 12.0 Å². The lowest BCUT2D eigenvalue weighted by atomic mass is 9.91. The molecule has 1 unspecified atom stereocenters. The van der Waals surface area contributed by atoms with Crippen LogP contribution in [0.5, 0.6) is 0 Å². The van der Waals surface area contributed by atoms with E-state index in [0.29, 0.717) is 29.0 Å². The Hall–Kier alpha value is -2.00. The van der Waals surface area contributed by atoms with Crippen LogP contribution in [-0.2, 0) is 16.1 Å². The largest absolute Gasteiger partial charge is 0.480 e. The first-order valence-corrected chi connectivity index (χ1v) is 17.4. The molecule has 224 valence electrons. The fourth-order valence-electron chi connectivity index (χ4n) is 6.19. The second kappa shape index (κ2) is 16.0. The SMILES string of the molecule is COC[C@@H]1CC(SCC2CCCCC2)CN1Cc1ccc(C(=O)N[C@@H](CCSC)C(=O)O)c(-c2ccccc2C)c1. The molecule has 1 amide bonds. The Morgan fingerprint density at radius 2 is 1.90 bits per heavy atom. The predicted octanol–water partition coefficient (Wildman–Crippen LogP) is 6.50. The number of nitrogens with zero attached hydrogens (tertiary/aromatic N) is 1. The number of amides is 1. The fourth-order valence-corrected chi connectivity index (χ4v) is 8.20. The summed E-state index contributed by atoms with van der Waals surface area (Å²) in [5.41, 5.74) is 4.57. The summed E-state index contributed by atoms with van der Waals surface area (Å²) >= 11 is 3.73. The van der Waals surface area contributed by atoms with Gasteiger partial charge >= 0.3 is 5.97 Å². The van der Waals surface area contributed by atoms with Gasteiger partial charge in [-0.1, -0.05) is 49.6 Å². The summed E-state index contributed by atoms with van der Waals surface area (Å²) in [5.74, 6) is 1.46. The highest BCUT2D eigenvalue weighted by atomic mass is 32.2. The van der Waals surface area contributed by atoms with E-state index in [0.717, 1.165) is 54.3 Å². The van der Waals surface area contributed by atoms with Crippen molar-refractivity contribution in [1.82, 2.24) is 10.2 Å². The molecule has 1 aliphatic heterocycles. The van der Waals surface area contributed by atoms with E-state index in [4.69, 9.17) is 4.74 Å². The highest BCUT2D eigenvalue weighted by molar-refractivity contribution is 8.00. The number of aryl methyl sites for hydroxylation is 1. The quantitative estimate of drug-likeness (QED) is 0.257. The van der Waals surface area contributed by atoms with E-state index in [9.17, 15) is 14.7 Å². The molecule has 0 radical (unpaired) electrons. The summed E-state index contributed by atoms with van der Waals surface area (Å²) in [4.78, 5) is 27.8. The van der Waals surface area contributed by atoms with Crippen LogP contribution in [0.4, 0.5) is 0 Å². The summed E-state index contributed by atoms with van der Waals surface area (Å²) in [6, 6.07) is 13.6. The van der Waals surface area contributed by atoms with Gasteiger partial charge in [0, 0.05) is 37.1 Å². The number of carbonyl (C=O) groups excluding carboxylic acids is 1. The maximum absolute atomic E-state index is 13.5. The van der Waals surface area contributed by atoms with Crippen LogP contribution >= 0.6 is 23.5 Å². The van der Waals surface area contributed by atoms with Gasteiger partial charge in [-0.05, 0) is 90.7 Å². The molecule has 0 aromatic heterocycles. The average molecular weight is 599 g/mol. The predicted molar refractivity (Wildman–Crippen MR) is 172 cm³/mol. The van der Waals surface area contributed by atoms with Crippen LogP contribution in [-0.4, -0.2) is 77.2 Å². The van der Waals surface area contributed by atoms with Crippen LogP contribution in [0, 0.1) is 12.8 Å². The first-order chi connectivity index (χ1) is 19.9. The highest BCUT2D eigenvalue weighted by Gasteiger charge is 2.33. The number of thioether (sulfide) groups is 2. The lowest BCUT2D eigenvalue weighted by Crippen LogP contribution is -2.41. The van der Waals surface area contributed by atoms with E-state index in [1.165, 1.54) is 37.9 Å². The number of rotatable bonds is 14. The summed E-state index contributed by atoms with van der Waals surface area (Å²) in [6.07, 6.45) is 10.4. The number of carbonyl (C=O) groups is 2. The molecule has 1 saturated carbocycles. The summed E-state index contributed by atoms with van der Waals surface area (Å²) < 4.78 is 5.63. The van der Waals surface area contributed by atoms with Crippen molar-refractivity contribution >= 4 is 35.4 Å². The third-order valence-electron chi connectivity index (χ3n) is 8.50. The Morgan fingerprint density at radius 1 is 1.12 bits per heavy atom. The van der Waals surface area contributed by atoms with Crippen LogP contribution in [0.1, 0.15) is 66.4 Å². The monoisotopic (exact) mass is 598 g/mol. The molecular formula is C33H46N2O4S2. The topological polar surface area (TPSA) is 78.9 Å². The first kappa shape index (κ1) is 31.9. The van der Waals surface area contributed by atoms with Gasteiger partial charge in [-0.15, -0.1) is 0 Å². The van der Waals surface area contributed by atoms with Gasteiger partial charge in [-0.2, -0.15) is 23.5 Å². The molecule has 1 saturated heterocycles. The maximum Gasteiger partial charge on any atom is 0.326 e. The van der Waals surface area contributed by atoms with E-state index in [2.05, 4.69) is 28.0 Å². The van der Waals surface area contributed by atoms with Crippen LogP contribution in [0.25, 0.3) is 11.1 Å². The van der Waals surface area contributed by atoms with Crippen molar-refractivity contribution in [3.8, 4) is 11.1 Å². The number of likely N-dealkylation sites (tertiary alicyclic amines) is 1. The molecule has 2 N–H and O–H groups in total. The minimum absolute atomic E-state index is 0.346. The molecule has 1 heterocycles. The van der Waals surface area contributed by atoms with E-state index in [1.807, 2.05) is 49.6 Å². The van der Waals surface area contributed by atoms with Crippen LogP contribution < -0.4 is 5.32 Å². The van der Waals surface area contributed by atoms with Crippen molar-refractivity contribution in [2.45, 2.75) is 75.7 Å². The normalized spacial score (nSPS) is 20.7. The molecule has 3 atom stereocenters. The van der Waals surface area contributed by atoms with Gasteiger partial charge in [0.1, 0.15) is 6.04 Å². The molecule has 2 aromatic rings. The summed E-state index contributed by atoms with van der Waals surface area (Å²) in [6.45, 7) is 4.60. The first-order valence-electron chi connectivity index (χ1n) is 15.0. The minimum Gasteiger partial charge on any atom is -0.480 e. The molecule has 4 rings (SSSR count). The van der Waals surface area contributed by atoms with E-state index in [-0.39, 0.29) is 5.91 Å². The number of nitrogens with one attached hydrogen (secondary N) is 1. The molecule has 0 bridgehead atoms. The van der Waals surface area contributed by atoms with Gasteiger partial charge in [0.15, 0.2) is 0 Å². The third-order valence-corrected chi connectivity index (χ3v) is 10.6. The lowest BCUT2D eigenvalue weighted by molar-refractivity contribution is -0.139. The Balaban J connectivity index is 1.53. The number of carboxylic acid groups (broad SMARTS) is 1. The number of hydrogen-bond donors (Lipinski definition) is 2. The van der Waals surface area contributed by atoms with Gasteiger partial charge in [0.25, 0.3) is 5.91 Å². The Kier molecular flexibility index (Phi) is 12.5. The van der Waals surface area contributed by atoms with E-state index in [1.54, 1.807) is 18.9 Å². The molecule has 1 aliphatic carbocycles. The van der Waals surface area contributed by atoms with Crippen LogP contribution in [0.2, 0.25) is 0 Å². The molecular weight excluding hydrogens is 553 g/mol. The number of aliphatic carboxylic acids is 1. The molecule has 41 heavy (non-hydrogen) atoms. The number of hydrogen-bond acceptors (Lipinski definition) is 6. The van der Waals surface area contributed by atoms with E-state index >= 15 is 0 Å². The maximum atomic E-state index is 13.5. The Morgan fingerprint density at radius 3 is 2.61 bits per heavy atom. The zero-order valence-electron chi connectivity index (χ0n) is 24.8. The Bertz CT molecular complexity index is 1150. The van der Waals surface area contributed by atoms with Crippen molar-refractivity contribution < 1.29 is 19.4 Å². The summed E-state index contributed by atoms with van der Waals surface area (Å²) in [7, 11) is 1.79. The lowest BCUT2D eigenvalue weighted by Gasteiger charge is -2.25. The molecule has 8 heteroatoms. The van der Waals surface area contributed by atoms with Gasteiger partial charge in [0.05, 0.1) is 6.61 Å². The van der Waals surface area contributed by atoms with Gasteiger partial charge < -0.3 is 15.2 Å².